The summed E-state index contributed by atoms with van der Waals surface area (Å²) in [6.07, 6.45) is 3.23. The third-order valence-corrected chi connectivity index (χ3v) is 5.02. The van der Waals surface area contributed by atoms with Crippen molar-refractivity contribution in [3.63, 3.8) is 0 Å². The fraction of sp³-hybridized carbons (Fsp3) is 0.222. The van der Waals surface area contributed by atoms with E-state index in [1.54, 1.807) is 17.7 Å². The van der Waals surface area contributed by atoms with Gasteiger partial charge >= 0.3 is 5.97 Å². The highest BCUT2D eigenvalue weighted by Gasteiger charge is 2.32. The van der Waals surface area contributed by atoms with Crippen LogP contribution in [0.25, 0.3) is 17.0 Å². The molecule has 1 aliphatic rings. The molecule has 2 heterocycles. The number of rotatable bonds is 4. The molecule has 2 amide bonds. The van der Waals surface area contributed by atoms with Gasteiger partial charge in [-0.05, 0) is 43.4 Å². The molecule has 1 N–H and O–H groups in total. The van der Waals surface area contributed by atoms with E-state index in [9.17, 15) is 14.4 Å². The predicted octanol–water partition coefficient (Wildman–Crippen LogP) is 2.22. The average Bonchev–Trinajstić information content (AvgIpc) is 2.95. The summed E-state index contributed by atoms with van der Waals surface area (Å²) in [5.41, 5.74) is 1.40. The molecule has 2 aromatic rings. The fourth-order valence-corrected chi connectivity index (χ4v) is 3.55. The largest absolute Gasteiger partial charge is 0.468 e. The number of fused-ring (bicyclic) bond motifs is 1. The molecule has 1 saturated heterocycles. The van der Waals surface area contributed by atoms with E-state index in [0.29, 0.717) is 12.1 Å². The van der Waals surface area contributed by atoms with Gasteiger partial charge in [-0.2, -0.15) is 0 Å². The molecule has 1 aromatic heterocycles. The van der Waals surface area contributed by atoms with Crippen LogP contribution in [-0.4, -0.2) is 46.0 Å². The quantitative estimate of drug-likeness (QED) is 0.335. The highest BCUT2D eigenvalue weighted by molar-refractivity contribution is 9.10. The van der Waals surface area contributed by atoms with Crippen LogP contribution < -0.4 is 5.32 Å². The topological polar surface area (TPSA) is 80.6 Å². The van der Waals surface area contributed by atoms with Crippen LogP contribution in [-0.2, 0) is 25.7 Å². The molecule has 27 heavy (non-hydrogen) atoms. The molecule has 0 saturated carbocycles. The smallest absolute Gasteiger partial charge is 0.325 e. The second-order valence-electron chi connectivity index (χ2n) is 5.82. The molecule has 7 nitrogen and oxygen atoms in total. The van der Waals surface area contributed by atoms with E-state index in [-0.39, 0.29) is 17.2 Å². The molecule has 0 unspecified atom stereocenters. The molecule has 0 atom stereocenters. The van der Waals surface area contributed by atoms with Crippen LogP contribution in [0.3, 0.4) is 0 Å². The lowest BCUT2D eigenvalue weighted by Gasteiger charge is -2.27. The van der Waals surface area contributed by atoms with Crippen molar-refractivity contribution in [1.82, 2.24) is 14.8 Å². The number of benzene rings is 1. The van der Waals surface area contributed by atoms with Gasteiger partial charge in [-0.25, -0.2) is 0 Å². The highest BCUT2D eigenvalue weighted by Crippen LogP contribution is 2.28. The van der Waals surface area contributed by atoms with Crippen molar-refractivity contribution < 1.29 is 19.1 Å². The van der Waals surface area contributed by atoms with E-state index in [1.807, 2.05) is 18.2 Å². The lowest BCUT2D eigenvalue weighted by Crippen LogP contribution is -2.53. The normalized spacial score (nSPS) is 16.2. The summed E-state index contributed by atoms with van der Waals surface area (Å²) in [5.74, 6) is -1.39. The summed E-state index contributed by atoms with van der Waals surface area (Å²) < 4.78 is 7.29. The first-order valence-corrected chi connectivity index (χ1v) is 9.30. The van der Waals surface area contributed by atoms with Crippen LogP contribution >= 0.6 is 28.1 Å². The molecular formula is C18H16BrN3O4S. The molecule has 1 fully saturated rings. The SMILES string of the molecule is CCN1C(=O)/C(=C/c2cn(CC(=O)OC)c3ccc(Br)cc23)C(=O)NC1=S. The Morgan fingerprint density at radius 2 is 2.11 bits per heavy atom. The Balaban J connectivity index is 2.13. The molecule has 0 aliphatic carbocycles. The summed E-state index contributed by atoms with van der Waals surface area (Å²) >= 11 is 8.47. The number of methoxy groups -OCH3 is 1. The minimum Gasteiger partial charge on any atom is -0.468 e. The fourth-order valence-electron chi connectivity index (χ4n) is 2.88. The number of nitrogens with one attached hydrogen (secondary N) is 1. The Morgan fingerprint density at radius 1 is 1.37 bits per heavy atom. The molecule has 140 valence electrons. The molecular weight excluding hydrogens is 434 g/mol. The van der Waals surface area contributed by atoms with Crippen molar-refractivity contribution in [2.75, 3.05) is 13.7 Å². The Bertz CT molecular complexity index is 1010. The van der Waals surface area contributed by atoms with Crippen molar-refractivity contribution in [2.24, 2.45) is 0 Å². The van der Waals surface area contributed by atoms with Gasteiger partial charge in [0.05, 0.1) is 7.11 Å². The third kappa shape index (κ3) is 3.65. The van der Waals surface area contributed by atoms with Crippen LogP contribution in [0.4, 0.5) is 0 Å². The van der Waals surface area contributed by atoms with Gasteiger partial charge in [0, 0.05) is 33.7 Å². The highest BCUT2D eigenvalue weighted by atomic mass is 79.9. The van der Waals surface area contributed by atoms with Crippen molar-refractivity contribution >= 4 is 68.0 Å². The molecule has 1 aliphatic heterocycles. The number of amides is 2. The number of nitrogens with zero attached hydrogens (tertiary/aromatic N) is 2. The second-order valence-corrected chi connectivity index (χ2v) is 7.12. The van der Waals surface area contributed by atoms with Crippen molar-refractivity contribution in [3.8, 4) is 0 Å². The van der Waals surface area contributed by atoms with Crippen LogP contribution in [0.1, 0.15) is 12.5 Å². The van der Waals surface area contributed by atoms with Crippen LogP contribution in [0.5, 0.6) is 0 Å². The molecule has 0 bridgehead atoms. The first-order chi connectivity index (χ1) is 12.8. The number of aromatic nitrogens is 1. The number of carbonyl (C=O) groups is 3. The van der Waals surface area contributed by atoms with Gasteiger partial charge in [-0.15, -0.1) is 0 Å². The predicted molar refractivity (Wildman–Crippen MR) is 108 cm³/mol. The lowest BCUT2D eigenvalue weighted by molar-refractivity contribution is -0.141. The lowest BCUT2D eigenvalue weighted by atomic mass is 10.1. The number of hydrogen-bond acceptors (Lipinski definition) is 5. The summed E-state index contributed by atoms with van der Waals surface area (Å²) in [5, 5.41) is 3.41. The zero-order valence-corrected chi connectivity index (χ0v) is 17.0. The van der Waals surface area contributed by atoms with Gasteiger partial charge < -0.3 is 9.30 Å². The third-order valence-electron chi connectivity index (χ3n) is 4.20. The zero-order chi connectivity index (χ0) is 19.7. The van der Waals surface area contributed by atoms with E-state index < -0.39 is 17.8 Å². The molecule has 9 heteroatoms. The maximum atomic E-state index is 12.6. The number of likely N-dealkylation sites (N-methyl/N-ethyl adjacent to an activating group) is 1. The number of esters is 1. The van der Waals surface area contributed by atoms with E-state index in [4.69, 9.17) is 17.0 Å². The van der Waals surface area contributed by atoms with Crippen LogP contribution in [0.2, 0.25) is 0 Å². The summed E-state index contributed by atoms with van der Waals surface area (Å²) in [7, 11) is 1.32. The number of hydrogen-bond donors (Lipinski definition) is 1. The standard InChI is InChI=1S/C18H16BrN3O4S/c1-3-22-17(25)13(16(24)20-18(22)27)6-10-8-21(9-15(23)26-2)14-5-4-11(19)7-12(10)14/h4-8H,3,9H2,1-2H3,(H,20,24,27)/b13-6+. The number of halogens is 1. The Kier molecular flexibility index (Phi) is 5.43. The average molecular weight is 450 g/mol. The van der Waals surface area contributed by atoms with E-state index in [0.717, 1.165) is 15.4 Å². The maximum absolute atomic E-state index is 12.6. The van der Waals surface area contributed by atoms with Gasteiger partial charge in [0.15, 0.2) is 5.11 Å². The Labute approximate surface area is 169 Å². The van der Waals surface area contributed by atoms with Crippen molar-refractivity contribution in [1.29, 1.82) is 0 Å². The van der Waals surface area contributed by atoms with E-state index in [2.05, 4.69) is 21.2 Å². The molecule has 0 spiro atoms. The second kappa shape index (κ2) is 7.61. The summed E-state index contributed by atoms with van der Waals surface area (Å²) in [6, 6.07) is 5.56. The minimum absolute atomic E-state index is 0.0115. The van der Waals surface area contributed by atoms with Gasteiger partial charge in [-0.1, -0.05) is 15.9 Å². The van der Waals surface area contributed by atoms with Gasteiger partial charge in [0.25, 0.3) is 11.8 Å². The first-order valence-electron chi connectivity index (χ1n) is 8.09. The number of thiocarbonyl (C=S) groups is 1. The number of carbonyl (C=O) groups excluding carboxylic acids is 3. The van der Waals surface area contributed by atoms with Crippen molar-refractivity contribution in [3.05, 3.63) is 40.0 Å². The first kappa shape index (κ1) is 19.2. The van der Waals surface area contributed by atoms with E-state index >= 15 is 0 Å². The van der Waals surface area contributed by atoms with Crippen LogP contribution in [0.15, 0.2) is 34.4 Å². The summed E-state index contributed by atoms with van der Waals surface area (Å²) in [6.45, 7) is 2.15. The van der Waals surface area contributed by atoms with Gasteiger partial charge in [0.2, 0.25) is 0 Å². The monoisotopic (exact) mass is 449 g/mol. The number of ether oxygens (including phenoxy) is 1. The van der Waals surface area contributed by atoms with Gasteiger partial charge in [-0.3, -0.25) is 24.6 Å². The Hall–Kier alpha value is -2.52. The van der Waals surface area contributed by atoms with Gasteiger partial charge in [0.1, 0.15) is 12.1 Å². The zero-order valence-electron chi connectivity index (χ0n) is 14.6. The van der Waals surface area contributed by atoms with Crippen molar-refractivity contribution in [2.45, 2.75) is 13.5 Å². The van der Waals surface area contributed by atoms with E-state index in [1.165, 1.54) is 18.1 Å². The minimum atomic E-state index is -0.543. The summed E-state index contributed by atoms with van der Waals surface area (Å²) in [4.78, 5) is 38.0. The molecule has 3 rings (SSSR count). The molecule has 1 aromatic carbocycles. The Morgan fingerprint density at radius 3 is 2.78 bits per heavy atom. The molecule has 0 radical (unpaired) electrons. The maximum Gasteiger partial charge on any atom is 0.325 e. The van der Waals surface area contributed by atoms with Crippen LogP contribution in [0, 0.1) is 0 Å².